The second kappa shape index (κ2) is 13.3. The van der Waals surface area contributed by atoms with Crippen LogP contribution in [0.2, 0.25) is 0 Å². The van der Waals surface area contributed by atoms with Crippen molar-refractivity contribution in [3.05, 3.63) is 77.8 Å². The van der Waals surface area contributed by atoms with Crippen LogP contribution in [0.5, 0.6) is 0 Å². The summed E-state index contributed by atoms with van der Waals surface area (Å²) in [6, 6.07) is 18.9. The molecule has 0 aromatic heterocycles. The first-order chi connectivity index (χ1) is 13.3. The maximum Gasteiger partial charge on any atom is 1.00 e. The summed E-state index contributed by atoms with van der Waals surface area (Å²) >= 11 is 0. The van der Waals surface area contributed by atoms with Crippen molar-refractivity contribution in [2.24, 2.45) is 4.99 Å². The molecule has 28 heavy (non-hydrogen) atoms. The topological polar surface area (TPSA) is 66.7 Å². The van der Waals surface area contributed by atoms with E-state index in [9.17, 15) is 0 Å². The molecule has 1 saturated heterocycles. The van der Waals surface area contributed by atoms with Crippen molar-refractivity contribution in [3.8, 4) is 11.1 Å². The van der Waals surface area contributed by atoms with E-state index in [1.165, 1.54) is 11.8 Å². The van der Waals surface area contributed by atoms with Crippen LogP contribution in [0, 0.1) is 0 Å². The Morgan fingerprint density at radius 3 is 2.68 bits per heavy atom. The number of benzene rings is 2. The number of hydrogen-bond acceptors (Lipinski definition) is 4. The summed E-state index contributed by atoms with van der Waals surface area (Å²) in [5, 5.41) is 3.35. The van der Waals surface area contributed by atoms with E-state index in [0.717, 1.165) is 37.2 Å². The Hall–Kier alpha value is -0.994. The van der Waals surface area contributed by atoms with Crippen LogP contribution in [0.4, 0.5) is 0 Å². The number of nitrogens with zero attached hydrogens (tertiary/aromatic N) is 1. The van der Waals surface area contributed by atoms with E-state index in [1.54, 1.807) is 0 Å². The van der Waals surface area contributed by atoms with Crippen LogP contribution in [0.1, 0.15) is 18.4 Å². The molecule has 2 aromatic carbocycles. The molecule has 1 fully saturated rings. The molecule has 0 spiro atoms. The molecule has 142 valence electrons. The van der Waals surface area contributed by atoms with E-state index in [4.69, 9.17) is 15.2 Å². The molecule has 0 radical (unpaired) electrons. The Labute approximate surface area is 209 Å². The Kier molecular flexibility index (Phi) is 11.0. The number of hydrogen-bond donors (Lipinski definition) is 1. The van der Waals surface area contributed by atoms with E-state index in [0.29, 0.717) is 24.9 Å². The fourth-order valence-electron chi connectivity index (χ4n) is 2.93. The number of ether oxygens (including phenoxy) is 2. The second-order valence-corrected chi connectivity index (χ2v) is 6.50. The molecule has 1 aliphatic rings. The molecule has 0 amide bonds. The zero-order valence-electron chi connectivity index (χ0n) is 16.4. The van der Waals surface area contributed by atoms with Crippen LogP contribution in [0.3, 0.4) is 0 Å². The Morgan fingerprint density at radius 1 is 1.14 bits per heavy atom. The van der Waals surface area contributed by atoms with Crippen LogP contribution >= 0.6 is 0 Å². The first-order valence-corrected chi connectivity index (χ1v) is 9.24. The number of nitrogens with one attached hydrogen (secondary N) is 2. The summed E-state index contributed by atoms with van der Waals surface area (Å²) < 4.78 is 10.7. The molecule has 0 atom stereocenters. The second-order valence-electron chi connectivity index (χ2n) is 6.50. The number of rotatable bonds is 8. The van der Waals surface area contributed by atoms with Crippen molar-refractivity contribution in [2.45, 2.75) is 25.5 Å². The predicted octanol–water partition coefficient (Wildman–Crippen LogP) is 1.44. The monoisotopic (exact) mass is 402 g/mol. The first kappa shape index (κ1) is 23.3. The van der Waals surface area contributed by atoms with Gasteiger partial charge in [0.2, 0.25) is 0 Å². The van der Waals surface area contributed by atoms with E-state index < -0.39 is 0 Å². The van der Waals surface area contributed by atoms with Crippen molar-refractivity contribution in [2.75, 3.05) is 19.8 Å². The zero-order chi connectivity index (χ0) is 18.7. The van der Waals surface area contributed by atoms with Gasteiger partial charge in [0.05, 0.1) is 6.61 Å². The van der Waals surface area contributed by atoms with E-state index in [1.807, 2.05) is 30.3 Å². The molecule has 0 aliphatic carbocycles. The minimum absolute atomic E-state index is 0. The van der Waals surface area contributed by atoms with Crippen LogP contribution in [-0.4, -0.2) is 32.2 Å². The van der Waals surface area contributed by atoms with Crippen molar-refractivity contribution in [3.63, 3.8) is 0 Å². The predicted molar refractivity (Wildman–Crippen MR) is 108 cm³/mol. The van der Waals surface area contributed by atoms with Crippen molar-refractivity contribution < 1.29 is 60.9 Å². The molecule has 0 saturated carbocycles. The summed E-state index contributed by atoms with van der Waals surface area (Å²) in [6.07, 6.45) is 6.00. The quantitative estimate of drug-likeness (QED) is 0.314. The molecule has 2 N–H and O–H groups in total. The van der Waals surface area contributed by atoms with Gasteiger partial charge in [0.15, 0.2) is 0 Å². The molecular formula is C22H25KN3O2-. The minimum atomic E-state index is 0. The molecule has 1 heterocycles. The van der Waals surface area contributed by atoms with Gasteiger partial charge in [-0.3, -0.25) is 0 Å². The van der Waals surface area contributed by atoms with E-state index in [-0.39, 0.29) is 51.4 Å². The van der Waals surface area contributed by atoms with Crippen molar-refractivity contribution in [1.29, 1.82) is 0 Å². The van der Waals surface area contributed by atoms with Gasteiger partial charge < -0.3 is 25.5 Å². The Balaban J connectivity index is 0.00000280. The third kappa shape index (κ3) is 8.17. The fraction of sp³-hybridized carbons (Fsp3) is 0.318. The van der Waals surface area contributed by atoms with Gasteiger partial charge >= 0.3 is 51.4 Å². The van der Waals surface area contributed by atoms with Crippen LogP contribution in [0.25, 0.3) is 16.9 Å². The summed E-state index contributed by atoms with van der Waals surface area (Å²) in [4.78, 5) is 3.94. The van der Waals surface area contributed by atoms with Gasteiger partial charge in [-0.2, -0.15) is 0 Å². The van der Waals surface area contributed by atoms with Gasteiger partial charge in [0.1, 0.15) is 0 Å². The van der Waals surface area contributed by atoms with Crippen LogP contribution in [0.15, 0.2) is 71.5 Å². The maximum atomic E-state index is 7.89. The molecular weight excluding hydrogens is 377 g/mol. The minimum Gasteiger partial charge on any atom is -0.715 e. The number of aliphatic imine (C=N–C) groups is 1. The molecule has 0 bridgehead atoms. The molecule has 0 unspecified atom stereocenters. The molecule has 1 aliphatic heterocycles. The summed E-state index contributed by atoms with van der Waals surface area (Å²) in [5.74, 6) is 0. The third-order valence-electron chi connectivity index (χ3n) is 4.41. The normalized spacial score (nSPS) is 15.4. The van der Waals surface area contributed by atoms with Crippen molar-refractivity contribution in [1.82, 2.24) is 5.32 Å². The summed E-state index contributed by atoms with van der Waals surface area (Å²) in [7, 11) is 0. The average Bonchev–Trinajstić information content (AvgIpc) is 2.74. The SMILES string of the molecule is [K+].[NH-]/C(=C\N=[C-]OCc1cccc(-c2ccccc2)c1)CNC1CCOCC1. The summed E-state index contributed by atoms with van der Waals surface area (Å²) in [6.45, 7) is 2.47. The van der Waals surface area contributed by atoms with Gasteiger partial charge in [0.25, 0.3) is 0 Å². The largest absolute Gasteiger partial charge is 1.00 e. The molecule has 5 nitrogen and oxygen atoms in total. The van der Waals surface area contributed by atoms with E-state index >= 15 is 0 Å². The van der Waals surface area contributed by atoms with E-state index in [2.05, 4.69) is 41.0 Å². The van der Waals surface area contributed by atoms with Gasteiger partial charge in [-0.25, -0.2) is 5.70 Å². The first-order valence-electron chi connectivity index (χ1n) is 9.24. The third-order valence-corrected chi connectivity index (χ3v) is 4.41. The van der Waals surface area contributed by atoms with Gasteiger partial charge in [-0.1, -0.05) is 48.5 Å². The Bertz CT molecular complexity index is 759. The molecule has 6 heteroatoms. The van der Waals surface area contributed by atoms with Gasteiger partial charge in [0, 0.05) is 25.7 Å². The average molecular weight is 403 g/mol. The standard InChI is InChI=1S/C22H25N3O2.K/c23-21(15-25-22-9-11-26-12-10-22)14-24-17-27-16-18-5-4-8-20(13-18)19-6-2-1-3-7-19;/h1-8,13-14,22-23,25H,9-12,15-16H2;/q-2;+1/b21-14-;. The van der Waals surface area contributed by atoms with Gasteiger partial charge in [-0.15, -0.1) is 6.20 Å². The molecule has 2 aromatic rings. The molecule has 3 rings (SSSR count). The summed E-state index contributed by atoms with van der Waals surface area (Å²) in [5.41, 5.74) is 11.7. The fourth-order valence-corrected chi connectivity index (χ4v) is 2.93. The zero-order valence-corrected chi connectivity index (χ0v) is 19.5. The van der Waals surface area contributed by atoms with Crippen LogP contribution in [-0.2, 0) is 16.1 Å². The van der Waals surface area contributed by atoms with Crippen LogP contribution < -0.4 is 56.7 Å². The van der Waals surface area contributed by atoms with Gasteiger partial charge in [-0.05, 0) is 42.1 Å². The van der Waals surface area contributed by atoms with Crippen molar-refractivity contribution >= 4 is 6.40 Å². The maximum absolute atomic E-state index is 7.89. The Morgan fingerprint density at radius 2 is 1.89 bits per heavy atom. The smallest absolute Gasteiger partial charge is 0.715 e.